The van der Waals surface area contributed by atoms with E-state index >= 15 is 0 Å². The lowest BCUT2D eigenvalue weighted by Gasteiger charge is -2.26. The summed E-state index contributed by atoms with van der Waals surface area (Å²) < 4.78 is 5.43. The molecule has 0 saturated heterocycles. The first-order valence-electron chi connectivity index (χ1n) is 8.84. The fraction of sp³-hybridized carbons (Fsp3) is 0.333. The molecular weight excluding hydrogens is 328 g/mol. The molecule has 0 radical (unpaired) electrons. The second-order valence-electron chi connectivity index (χ2n) is 6.01. The van der Waals surface area contributed by atoms with Gasteiger partial charge in [0.2, 0.25) is 11.8 Å². The van der Waals surface area contributed by atoms with Crippen molar-refractivity contribution in [2.24, 2.45) is 0 Å². The lowest BCUT2D eigenvalue weighted by atomic mass is 10.2. The molecule has 0 unspecified atom stereocenters. The predicted octanol–water partition coefficient (Wildman–Crippen LogP) is 3.80. The van der Waals surface area contributed by atoms with Gasteiger partial charge in [-0.3, -0.25) is 9.59 Å². The number of amides is 2. The number of benzene rings is 2. The molecule has 0 N–H and O–H groups in total. The van der Waals surface area contributed by atoms with Crippen molar-refractivity contribution in [1.29, 1.82) is 0 Å². The van der Waals surface area contributed by atoms with Gasteiger partial charge in [-0.05, 0) is 62.7 Å². The molecule has 0 spiro atoms. The summed E-state index contributed by atoms with van der Waals surface area (Å²) >= 11 is 0. The Labute approximate surface area is 155 Å². The Morgan fingerprint density at radius 3 is 2.19 bits per heavy atom. The molecule has 0 atom stereocenters. The molecule has 2 aromatic rings. The van der Waals surface area contributed by atoms with Crippen LogP contribution in [0, 0.1) is 6.92 Å². The highest BCUT2D eigenvalue weighted by Crippen LogP contribution is 2.21. The Balaban J connectivity index is 2.20. The van der Waals surface area contributed by atoms with E-state index in [2.05, 4.69) is 0 Å². The molecule has 0 fully saturated rings. The molecule has 0 aliphatic carbocycles. The molecule has 5 heteroatoms. The number of aryl methyl sites for hydroxylation is 1. The van der Waals surface area contributed by atoms with Gasteiger partial charge < -0.3 is 14.5 Å². The first kappa shape index (κ1) is 19.5. The number of carbonyl (C=O) groups excluding carboxylic acids is 2. The van der Waals surface area contributed by atoms with Gasteiger partial charge in [0.1, 0.15) is 12.3 Å². The molecule has 0 heterocycles. The fourth-order valence-electron chi connectivity index (χ4n) is 2.79. The number of ether oxygens (including phenoxy) is 1. The Kier molecular flexibility index (Phi) is 6.78. The number of rotatable bonds is 7. The second-order valence-corrected chi connectivity index (χ2v) is 6.01. The molecule has 0 bridgehead atoms. The zero-order chi connectivity index (χ0) is 19.1. The predicted molar refractivity (Wildman–Crippen MR) is 105 cm³/mol. The number of likely N-dealkylation sites (N-methyl/N-ethyl adjacent to an activating group) is 1. The number of nitrogens with zero attached hydrogens (tertiary/aromatic N) is 2. The maximum Gasteiger partial charge on any atom is 0.247 e. The number of hydrogen-bond donors (Lipinski definition) is 0. The Hall–Kier alpha value is -2.82. The van der Waals surface area contributed by atoms with Gasteiger partial charge in [-0.2, -0.15) is 0 Å². The van der Waals surface area contributed by atoms with Crippen LogP contribution in [-0.4, -0.2) is 31.5 Å². The third-order valence-corrected chi connectivity index (χ3v) is 4.06. The maximum absolute atomic E-state index is 12.9. The highest BCUT2D eigenvalue weighted by molar-refractivity contribution is 6.03. The quantitative estimate of drug-likeness (QED) is 0.760. The van der Waals surface area contributed by atoms with Crippen molar-refractivity contribution < 1.29 is 14.3 Å². The maximum atomic E-state index is 12.9. The largest absolute Gasteiger partial charge is 0.494 e. The van der Waals surface area contributed by atoms with Crippen LogP contribution in [0.1, 0.15) is 26.3 Å². The van der Waals surface area contributed by atoms with Gasteiger partial charge in [0.05, 0.1) is 6.61 Å². The lowest BCUT2D eigenvalue weighted by molar-refractivity contribution is -0.121. The van der Waals surface area contributed by atoms with Gasteiger partial charge in [-0.25, -0.2) is 0 Å². The molecule has 0 aromatic heterocycles. The average Bonchev–Trinajstić information content (AvgIpc) is 2.61. The Morgan fingerprint density at radius 2 is 1.65 bits per heavy atom. The highest BCUT2D eigenvalue weighted by Gasteiger charge is 2.21. The molecular formula is C21H26N2O3. The zero-order valence-electron chi connectivity index (χ0n) is 15.9. The second kappa shape index (κ2) is 9.04. The van der Waals surface area contributed by atoms with E-state index < -0.39 is 0 Å². The number of anilines is 2. The summed E-state index contributed by atoms with van der Waals surface area (Å²) in [5.74, 6) is 0.436. The van der Waals surface area contributed by atoms with Crippen LogP contribution in [0.3, 0.4) is 0 Å². The van der Waals surface area contributed by atoms with Gasteiger partial charge in [0.15, 0.2) is 0 Å². The van der Waals surface area contributed by atoms with Crippen molar-refractivity contribution >= 4 is 23.2 Å². The zero-order valence-corrected chi connectivity index (χ0v) is 15.9. The highest BCUT2D eigenvalue weighted by atomic mass is 16.5. The van der Waals surface area contributed by atoms with Crippen LogP contribution in [0.25, 0.3) is 0 Å². The van der Waals surface area contributed by atoms with E-state index in [1.165, 1.54) is 11.8 Å². The molecule has 2 aromatic carbocycles. The van der Waals surface area contributed by atoms with Gasteiger partial charge >= 0.3 is 0 Å². The van der Waals surface area contributed by atoms with E-state index in [1.54, 1.807) is 29.2 Å². The van der Waals surface area contributed by atoms with Crippen LogP contribution in [-0.2, 0) is 9.59 Å². The van der Waals surface area contributed by atoms with Crippen molar-refractivity contribution in [3.05, 3.63) is 54.1 Å². The minimum Gasteiger partial charge on any atom is -0.494 e. The van der Waals surface area contributed by atoms with Crippen molar-refractivity contribution in [2.45, 2.75) is 27.7 Å². The first-order valence-corrected chi connectivity index (χ1v) is 8.84. The summed E-state index contributed by atoms with van der Waals surface area (Å²) in [7, 11) is 0. The molecule has 0 aliphatic heterocycles. The number of carbonyl (C=O) groups is 2. The van der Waals surface area contributed by atoms with Crippen LogP contribution in [0.2, 0.25) is 0 Å². The van der Waals surface area contributed by atoms with Crippen LogP contribution in [0.15, 0.2) is 48.5 Å². The summed E-state index contributed by atoms with van der Waals surface area (Å²) in [6.07, 6.45) is 0. The van der Waals surface area contributed by atoms with Crippen molar-refractivity contribution in [3.63, 3.8) is 0 Å². The first-order chi connectivity index (χ1) is 12.5. The van der Waals surface area contributed by atoms with E-state index in [1.807, 2.05) is 45.0 Å². The van der Waals surface area contributed by atoms with Crippen molar-refractivity contribution in [3.8, 4) is 5.75 Å². The van der Waals surface area contributed by atoms with Gasteiger partial charge in [0.25, 0.3) is 0 Å². The molecule has 2 rings (SSSR count). The van der Waals surface area contributed by atoms with Crippen LogP contribution >= 0.6 is 0 Å². The summed E-state index contributed by atoms with van der Waals surface area (Å²) in [5, 5.41) is 0. The third kappa shape index (κ3) is 4.85. The molecule has 2 amide bonds. The Bertz CT molecular complexity index is 756. The average molecular weight is 354 g/mol. The molecule has 0 saturated carbocycles. The minimum absolute atomic E-state index is 0.00883. The molecule has 0 aliphatic rings. The van der Waals surface area contributed by atoms with Crippen molar-refractivity contribution in [1.82, 2.24) is 0 Å². The monoisotopic (exact) mass is 354 g/mol. The van der Waals surface area contributed by atoms with E-state index in [9.17, 15) is 9.59 Å². The normalized spacial score (nSPS) is 10.3. The van der Waals surface area contributed by atoms with Crippen molar-refractivity contribution in [2.75, 3.05) is 29.5 Å². The van der Waals surface area contributed by atoms with E-state index in [-0.39, 0.29) is 18.4 Å². The van der Waals surface area contributed by atoms with Gasteiger partial charge in [-0.1, -0.05) is 12.1 Å². The van der Waals surface area contributed by atoms with E-state index in [0.717, 1.165) is 17.0 Å². The smallest absolute Gasteiger partial charge is 0.247 e. The van der Waals surface area contributed by atoms with Crippen LogP contribution in [0.5, 0.6) is 5.75 Å². The SMILES string of the molecule is CCOc1ccc(N(CC(=O)N(CC)c2cccc(C)c2)C(C)=O)cc1. The summed E-state index contributed by atoms with van der Waals surface area (Å²) in [6, 6.07) is 15.0. The topological polar surface area (TPSA) is 49.9 Å². The van der Waals surface area contributed by atoms with Crippen LogP contribution < -0.4 is 14.5 Å². The molecule has 138 valence electrons. The summed E-state index contributed by atoms with van der Waals surface area (Å²) in [4.78, 5) is 28.1. The van der Waals surface area contributed by atoms with E-state index in [4.69, 9.17) is 4.74 Å². The summed E-state index contributed by atoms with van der Waals surface area (Å²) in [6.45, 7) is 8.41. The standard InChI is InChI=1S/C21H26N2O3/c1-5-22(19-9-7-8-16(3)14-19)21(25)15-23(17(4)24)18-10-12-20(13-11-18)26-6-2/h7-14H,5-6,15H2,1-4H3. The fourth-order valence-corrected chi connectivity index (χ4v) is 2.79. The van der Waals surface area contributed by atoms with Gasteiger partial charge in [-0.15, -0.1) is 0 Å². The molecule has 5 nitrogen and oxygen atoms in total. The lowest BCUT2D eigenvalue weighted by Crippen LogP contribution is -2.42. The number of hydrogen-bond acceptors (Lipinski definition) is 3. The van der Waals surface area contributed by atoms with Gasteiger partial charge in [0, 0.05) is 24.8 Å². The Morgan fingerprint density at radius 1 is 0.962 bits per heavy atom. The molecule has 26 heavy (non-hydrogen) atoms. The third-order valence-electron chi connectivity index (χ3n) is 4.06. The van der Waals surface area contributed by atoms with E-state index in [0.29, 0.717) is 18.8 Å². The minimum atomic E-state index is -0.178. The van der Waals surface area contributed by atoms with Crippen LogP contribution in [0.4, 0.5) is 11.4 Å². The summed E-state index contributed by atoms with van der Waals surface area (Å²) in [5.41, 5.74) is 2.60.